The predicted octanol–water partition coefficient (Wildman–Crippen LogP) is 2.22. The highest BCUT2D eigenvalue weighted by molar-refractivity contribution is 5.85. The van der Waals surface area contributed by atoms with Gasteiger partial charge in [-0.2, -0.15) is 5.10 Å². The fourth-order valence-corrected chi connectivity index (χ4v) is 2.01. The van der Waals surface area contributed by atoms with Crippen molar-refractivity contribution in [1.82, 2.24) is 14.8 Å². The van der Waals surface area contributed by atoms with Gasteiger partial charge in [0.05, 0.1) is 23.1 Å². The maximum atomic E-state index is 5.91. The number of para-hydroxylation sites is 1. The van der Waals surface area contributed by atoms with Crippen molar-refractivity contribution in [3.05, 3.63) is 42.7 Å². The molecule has 0 spiro atoms. The molecule has 0 saturated heterocycles. The number of anilines is 1. The van der Waals surface area contributed by atoms with Crippen molar-refractivity contribution in [2.45, 2.75) is 0 Å². The van der Waals surface area contributed by atoms with Crippen molar-refractivity contribution < 1.29 is 0 Å². The Bertz CT molecular complexity index is 665. The molecule has 0 aliphatic heterocycles. The van der Waals surface area contributed by atoms with Gasteiger partial charge in [-0.05, 0) is 12.1 Å². The van der Waals surface area contributed by atoms with E-state index in [1.54, 1.807) is 10.9 Å². The van der Waals surface area contributed by atoms with Crippen LogP contribution in [0.3, 0.4) is 0 Å². The monoisotopic (exact) mass is 224 g/mol. The number of rotatable bonds is 1. The lowest BCUT2D eigenvalue weighted by molar-refractivity contribution is 0.776. The molecular formula is C13H12N4. The van der Waals surface area contributed by atoms with Crippen LogP contribution in [0.2, 0.25) is 0 Å². The predicted molar refractivity (Wildman–Crippen MR) is 68.4 cm³/mol. The Kier molecular flexibility index (Phi) is 2.08. The van der Waals surface area contributed by atoms with Gasteiger partial charge in [0.1, 0.15) is 0 Å². The summed E-state index contributed by atoms with van der Waals surface area (Å²) in [5.41, 5.74) is 9.45. The van der Waals surface area contributed by atoms with Gasteiger partial charge in [-0.25, -0.2) is 0 Å². The third-order valence-electron chi connectivity index (χ3n) is 2.83. The highest BCUT2D eigenvalue weighted by Gasteiger charge is 2.09. The SMILES string of the molecule is Cn1ncc(N)c1-c1cnc2ccccc2c1. The summed E-state index contributed by atoms with van der Waals surface area (Å²) in [4.78, 5) is 4.42. The number of aryl methyl sites for hydroxylation is 1. The first-order valence-corrected chi connectivity index (χ1v) is 5.38. The van der Waals surface area contributed by atoms with Crippen molar-refractivity contribution in [3.63, 3.8) is 0 Å². The number of hydrogen-bond acceptors (Lipinski definition) is 3. The maximum absolute atomic E-state index is 5.91. The number of benzene rings is 1. The van der Waals surface area contributed by atoms with Crippen LogP contribution in [-0.4, -0.2) is 14.8 Å². The first kappa shape index (κ1) is 9.84. The summed E-state index contributed by atoms with van der Waals surface area (Å²) in [6.45, 7) is 0. The van der Waals surface area contributed by atoms with E-state index >= 15 is 0 Å². The molecule has 0 radical (unpaired) electrons. The zero-order valence-electron chi connectivity index (χ0n) is 9.46. The van der Waals surface area contributed by atoms with E-state index in [0.717, 1.165) is 22.2 Å². The van der Waals surface area contributed by atoms with Crippen LogP contribution in [0.1, 0.15) is 0 Å². The lowest BCUT2D eigenvalue weighted by atomic mass is 10.1. The third kappa shape index (κ3) is 1.54. The van der Waals surface area contributed by atoms with Crippen LogP contribution < -0.4 is 5.73 Å². The molecule has 3 rings (SSSR count). The summed E-state index contributed by atoms with van der Waals surface area (Å²) in [5, 5.41) is 5.24. The summed E-state index contributed by atoms with van der Waals surface area (Å²) < 4.78 is 1.76. The summed E-state index contributed by atoms with van der Waals surface area (Å²) in [6.07, 6.45) is 3.49. The molecule has 0 fully saturated rings. The number of fused-ring (bicyclic) bond motifs is 1. The number of hydrogen-bond donors (Lipinski definition) is 1. The van der Waals surface area contributed by atoms with E-state index in [0.29, 0.717) is 5.69 Å². The second kappa shape index (κ2) is 3.59. The van der Waals surface area contributed by atoms with Gasteiger partial charge < -0.3 is 5.73 Å². The number of pyridine rings is 1. The summed E-state index contributed by atoms with van der Waals surface area (Å²) in [5.74, 6) is 0. The molecule has 2 aromatic heterocycles. The molecule has 0 saturated carbocycles. The van der Waals surface area contributed by atoms with Crippen LogP contribution in [0.25, 0.3) is 22.2 Å². The summed E-state index contributed by atoms with van der Waals surface area (Å²) >= 11 is 0. The topological polar surface area (TPSA) is 56.7 Å². The minimum absolute atomic E-state index is 0.671. The van der Waals surface area contributed by atoms with E-state index in [2.05, 4.69) is 16.1 Å². The largest absolute Gasteiger partial charge is 0.396 e. The van der Waals surface area contributed by atoms with Crippen LogP contribution in [0.5, 0.6) is 0 Å². The van der Waals surface area contributed by atoms with E-state index in [1.165, 1.54) is 0 Å². The van der Waals surface area contributed by atoms with Crippen LogP contribution in [0.4, 0.5) is 5.69 Å². The molecule has 4 heteroatoms. The average molecular weight is 224 g/mol. The van der Waals surface area contributed by atoms with Crippen molar-refractivity contribution in [1.29, 1.82) is 0 Å². The minimum Gasteiger partial charge on any atom is -0.396 e. The molecule has 0 aliphatic rings. The van der Waals surface area contributed by atoms with Crippen LogP contribution in [-0.2, 0) is 7.05 Å². The highest BCUT2D eigenvalue weighted by atomic mass is 15.3. The number of nitrogens with two attached hydrogens (primary N) is 1. The van der Waals surface area contributed by atoms with Gasteiger partial charge in [0.2, 0.25) is 0 Å². The third-order valence-corrected chi connectivity index (χ3v) is 2.83. The highest BCUT2D eigenvalue weighted by Crippen LogP contribution is 2.26. The molecule has 84 valence electrons. The summed E-state index contributed by atoms with van der Waals surface area (Å²) in [6, 6.07) is 10.1. The van der Waals surface area contributed by atoms with Crippen LogP contribution in [0, 0.1) is 0 Å². The molecule has 4 nitrogen and oxygen atoms in total. The molecule has 1 aromatic carbocycles. The quantitative estimate of drug-likeness (QED) is 0.689. The van der Waals surface area contributed by atoms with Crippen LogP contribution >= 0.6 is 0 Å². The molecule has 0 amide bonds. The Balaban J connectivity index is 2.25. The average Bonchev–Trinajstić information content (AvgIpc) is 2.68. The molecular weight excluding hydrogens is 212 g/mol. The smallest absolute Gasteiger partial charge is 0.0924 e. The Morgan fingerprint density at radius 2 is 2.00 bits per heavy atom. The molecule has 0 unspecified atom stereocenters. The van der Waals surface area contributed by atoms with E-state index in [1.807, 2.05) is 37.5 Å². The zero-order valence-corrected chi connectivity index (χ0v) is 9.46. The standard InChI is InChI=1S/C13H12N4/c1-17-13(11(14)8-16-17)10-6-9-4-2-3-5-12(9)15-7-10/h2-8H,14H2,1H3. The van der Waals surface area contributed by atoms with Crippen molar-refractivity contribution in [2.24, 2.45) is 7.05 Å². The summed E-state index contributed by atoms with van der Waals surface area (Å²) in [7, 11) is 1.88. The lowest BCUT2D eigenvalue weighted by Crippen LogP contribution is -1.96. The first-order valence-electron chi connectivity index (χ1n) is 5.38. The van der Waals surface area contributed by atoms with Gasteiger partial charge >= 0.3 is 0 Å². The van der Waals surface area contributed by atoms with Crippen molar-refractivity contribution in [3.8, 4) is 11.3 Å². The minimum atomic E-state index is 0.671. The Morgan fingerprint density at radius 1 is 1.18 bits per heavy atom. The van der Waals surface area contributed by atoms with Gasteiger partial charge in [-0.1, -0.05) is 18.2 Å². The molecule has 3 aromatic rings. The van der Waals surface area contributed by atoms with Crippen LogP contribution in [0.15, 0.2) is 42.7 Å². The Morgan fingerprint density at radius 3 is 2.76 bits per heavy atom. The van der Waals surface area contributed by atoms with E-state index in [4.69, 9.17) is 5.73 Å². The first-order chi connectivity index (χ1) is 8.25. The molecule has 0 aliphatic carbocycles. The molecule has 2 N–H and O–H groups in total. The fraction of sp³-hybridized carbons (Fsp3) is 0.0769. The number of nitrogens with zero attached hydrogens (tertiary/aromatic N) is 3. The maximum Gasteiger partial charge on any atom is 0.0924 e. The Labute approximate surface area is 98.7 Å². The van der Waals surface area contributed by atoms with Crippen molar-refractivity contribution in [2.75, 3.05) is 5.73 Å². The van der Waals surface area contributed by atoms with Gasteiger partial charge in [0.15, 0.2) is 0 Å². The van der Waals surface area contributed by atoms with Gasteiger partial charge in [-0.15, -0.1) is 0 Å². The molecule has 2 heterocycles. The lowest BCUT2D eigenvalue weighted by Gasteiger charge is -2.05. The van der Waals surface area contributed by atoms with E-state index in [9.17, 15) is 0 Å². The fourth-order valence-electron chi connectivity index (χ4n) is 2.01. The Hall–Kier alpha value is -2.36. The van der Waals surface area contributed by atoms with Gasteiger partial charge in [0, 0.05) is 24.2 Å². The van der Waals surface area contributed by atoms with Crippen molar-refractivity contribution >= 4 is 16.6 Å². The molecule has 17 heavy (non-hydrogen) atoms. The number of nitrogen functional groups attached to an aromatic ring is 1. The normalized spacial score (nSPS) is 10.9. The van der Waals surface area contributed by atoms with E-state index in [-0.39, 0.29) is 0 Å². The second-order valence-electron chi connectivity index (χ2n) is 3.99. The zero-order chi connectivity index (χ0) is 11.8. The molecule has 0 bridgehead atoms. The second-order valence-corrected chi connectivity index (χ2v) is 3.99. The number of aromatic nitrogens is 3. The molecule has 0 atom stereocenters. The van der Waals surface area contributed by atoms with Gasteiger partial charge in [0.25, 0.3) is 0 Å². The van der Waals surface area contributed by atoms with E-state index < -0.39 is 0 Å². The van der Waals surface area contributed by atoms with Gasteiger partial charge in [-0.3, -0.25) is 9.67 Å².